The van der Waals surface area contributed by atoms with Crippen LogP contribution in [0.15, 0.2) is 57.1 Å². The summed E-state index contributed by atoms with van der Waals surface area (Å²) in [5.74, 6) is 0.948. The monoisotopic (exact) mass is 485 g/mol. The molecule has 0 bridgehead atoms. The van der Waals surface area contributed by atoms with Gasteiger partial charge in [-0.1, -0.05) is 30.0 Å². The molecule has 32 heavy (non-hydrogen) atoms. The second-order valence-corrected chi connectivity index (χ2v) is 9.97. The van der Waals surface area contributed by atoms with Crippen LogP contribution >= 0.6 is 34.4 Å². The molecule has 0 spiro atoms. The summed E-state index contributed by atoms with van der Waals surface area (Å²) >= 11 is 4.33. The molecule has 9 heteroatoms. The van der Waals surface area contributed by atoms with Crippen LogP contribution in [0, 0.1) is 6.92 Å². The number of aryl methyl sites for hydroxylation is 1. The number of nitrogens with zero attached hydrogens (tertiary/aromatic N) is 2. The summed E-state index contributed by atoms with van der Waals surface area (Å²) < 4.78 is 7.22. The molecule has 6 nitrogen and oxygen atoms in total. The number of carbonyl (C=O) groups excluding carboxylic acids is 1. The van der Waals surface area contributed by atoms with Crippen LogP contribution in [0.4, 0.5) is 0 Å². The molecule has 4 rings (SSSR count). The Labute approximate surface area is 198 Å². The number of nitrogens with one attached hydrogen (secondary N) is 1. The standard InChI is InChI=1S/C23H23N3O3S3/c1-15-6-3-7-16(12-15)29-10-5-9-24-19(27)14-32-23-25-21-20(22(28)26(23)2)17(13-31-21)18-8-4-11-30-18/h3-4,6-8,11-13H,5,9-10,14H2,1-2H3,(H,24,27). The van der Waals surface area contributed by atoms with Crippen molar-refractivity contribution in [3.8, 4) is 16.2 Å². The van der Waals surface area contributed by atoms with E-state index in [1.54, 1.807) is 18.4 Å². The molecule has 0 radical (unpaired) electrons. The maximum absolute atomic E-state index is 13.0. The first-order valence-electron chi connectivity index (χ1n) is 10.1. The first-order chi connectivity index (χ1) is 15.5. The number of fused-ring (bicyclic) bond motifs is 1. The number of ether oxygens (including phenoxy) is 1. The van der Waals surface area contributed by atoms with Gasteiger partial charge in [0.25, 0.3) is 5.56 Å². The molecule has 0 aliphatic carbocycles. The highest BCUT2D eigenvalue weighted by Gasteiger charge is 2.16. The summed E-state index contributed by atoms with van der Waals surface area (Å²) in [6, 6.07) is 11.9. The average Bonchev–Trinajstić information content (AvgIpc) is 3.45. The second-order valence-electron chi connectivity index (χ2n) is 7.22. The minimum atomic E-state index is -0.0923. The van der Waals surface area contributed by atoms with Crippen molar-refractivity contribution in [3.63, 3.8) is 0 Å². The zero-order valence-electron chi connectivity index (χ0n) is 17.8. The summed E-state index contributed by atoms with van der Waals surface area (Å²) in [6.07, 6.45) is 0.716. The van der Waals surface area contributed by atoms with Gasteiger partial charge in [0, 0.05) is 29.4 Å². The van der Waals surface area contributed by atoms with E-state index in [4.69, 9.17) is 4.74 Å². The van der Waals surface area contributed by atoms with Gasteiger partial charge in [0.15, 0.2) is 5.16 Å². The van der Waals surface area contributed by atoms with Crippen LogP contribution in [0.3, 0.4) is 0 Å². The molecule has 0 atom stereocenters. The number of hydrogen-bond donors (Lipinski definition) is 1. The molecule has 3 heterocycles. The van der Waals surface area contributed by atoms with Gasteiger partial charge in [-0.25, -0.2) is 4.98 Å². The Morgan fingerprint density at radius 2 is 2.12 bits per heavy atom. The van der Waals surface area contributed by atoms with Gasteiger partial charge in [0.05, 0.1) is 17.7 Å². The third-order valence-corrected chi connectivity index (χ3v) is 7.60. The van der Waals surface area contributed by atoms with Gasteiger partial charge in [-0.2, -0.15) is 0 Å². The van der Waals surface area contributed by atoms with Crippen molar-refractivity contribution in [1.29, 1.82) is 0 Å². The second kappa shape index (κ2) is 10.3. The van der Waals surface area contributed by atoms with Crippen LogP contribution in [0.5, 0.6) is 5.75 Å². The van der Waals surface area contributed by atoms with Gasteiger partial charge >= 0.3 is 0 Å². The summed E-state index contributed by atoms with van der Waals surface area (Å²) in [7, 11) is 1.70. The molecular weight excluding hydrogens is 462 g/mol. The Hall–Kier alpha value is -2.62. The lowest BCUT2D eigenvalue weighted by atomic mass is 10.2. The van der Waals surface area contributed by atoms with E-state index < -0.39 is 0 Å². The third kappa shape index (κ3) is 5.23. The molecule has 0 aliphatic rings. The molecule has 0 aliphatic heterocycles. The number of thiophene rings is 2. The van der Waals surface area contributed by atoms with Crippen LogP contribution in [0.2, 0.25) is 0 Å². The minimum absolute atomic E-state index is 0.0872. The minimum Gasteiger partial charge on any atom is -0.494 e. The van der Waals surface area contributed by atoms with E-state index in [-0.39, 0.29) is 17.2 Å². The fraction of sp³-hybridized carbons (Fsp3) is 0.261. The van der Waals surface area contributed by atoms with Gasteiger partial charge in [0.1, 0.15) is 10.6 Å². The molecular formula is C23H23N3O3S3. The number of carbonyl (C=O) groups is 1. The van der Waals surface area contributed by atoms with Gasteiger partial charge in [-0.05, 0) is 42.5 Å². The van der Waals surface area contributed by atoms with E-state index >= 15 is 0 Å². The maximum atomic E-state index is 13.0. The largest absolute Gasteiger partial charge is 0.494 e. The highest BCUT2D eigenvalue weighted by Crippen LogP contribution is 2.34. The van der Waals surface area contributed by atoms with Crippen molar-refractivity contribution in [2.45, 2.75) is 18.5 Å². The Balaban J connectivity index is 1.29. The zero-order chi connectivity index (χ0) is 22.5. The van der Waals surface area contributed by atoms with Gasteiger partial charge in [0.2, 0.25) is 5.91 Å². The van der Waals surface area contributed by atoms with E-state index in [0.29, 0.717) is 34.9 Å². The topological polar surface area (TPSA) is 73.2 Å². The van der Waals surface area contributed by atoms with Crippen LogP contribution in [-0.4, -0.2) is 34.4 Å². The lowest BCUT2D eigenvalue weighted by Crippen LogP contribution is -2.28. The van der Waals surface area contributed by atoms with Crippen molar-refractivity contribution < 1.29 is 9.53 Å². The van der Waals surface area contributed by atoms with E-state index in [0.717, 1.165) is 21.8 Å². The summed E-state index contributed by atoms with van der Waals surface area (Å²) in [5, 5.41) is 8.05. The predicted octanol–water partition coefficient (Wildman–Crippen LogP) is 4.71. The molecule has 3 aromatic heterocycles. The van der Waals surface area contributed by atoms with Crippen molar-refractivity contribution in [2.75, 3.05) is 18.9 Å². The maximum Gasteiger partial charge on any atom is 0.263 e. The number of thioether (sulfide) groups is 1. The molecule has 1 aromatic carbocycles. The molecule has 1 amide bonds. The number of hydrogen-bond acceptors (Lipinski definition) is 7. The normalized spacial score (nSPS) is 11.1. The summed E-state index contributed by atoms with van der Waals surface area (Å²) in [5.41, 5.74) is 1.99. The Morgan fingerprint density at radius 3 is 2.91 bits per heavy atom. The van der Waals surface area contributed by atoms with Gasteiger partial charge in [-0.15, -0.1) is 22.7 Å². The molecule has 0 saturated heterocycles. The smallest absolute Gasteiger partial charge is 0.263 e. The Morgan fingerprint density at radius 1 is 1.25 bits per heavy atom. The predicted molar refractivity (Wildman–Crippen MR) is 133 cm³/mol. The number of rotatable bonds is 9. The molecule has 1 N–H and O–H groups in total. The van der Waals surface area contributed by atoms with Crippen LogP contribution in [0.25, 0.3) is 20.7 Å². The number of benzene rings is 1. The van der Waals surface area contributed by atoms with Crippen molar-refractivity contribution in [2.24, 2.45) is 7.05 Å². The SMILES string of the molecule is Cc1cccc(OCCCNC(=O)CSc2nc3scc(-c4cccs4)c3c(=O)n2C)c1. The van der Waals surface area contributed by atoms with E-state index in [2.05, 4.69) is 10.3 Å². The van der Waals surface area contributed by atoms with E-state index in [1.807, 2.05) is 54.1 Å². The van der Waals surface area contributed by atoms with Crippen LogP contribution < -0.4 is 15.6 Å². The quantitative estimate of drug-likeness (QED) is 0.211. The van der Waals surface area contributed by atoms with Crippen molar-refractivity contribution >= 4 is 50.6 Å². The third-order valence-electron chi connectivity index (χ3n) is 4.79. The Bertz CT molecular complexity index is 1280. The first-order valence-corrected chi connectivity index (χ1v) is 12.9. The van der Waals surface area contributed by atoms with Crippen molar-refractivity contribution in [3.05, 3.63) is 63.1 Å². The molecule has 0 fully saturated rings. The number of amides is 1. The fourth-order valence-electron chi connectivity index (χ4n) is 3.17. The van der Waals surface area contributed by atoms with E-state index in [9.17, 15) is 9.59 Å². The van der Waals surface area contributed by atoms with E-state index in [1.165, 1.54) is 27.7 Å². The molecule has 166 valence electrons. The van der Waals surface area contributed by atoms with Gasteiger partial charge < -0.3 is 10.1 Å². The first kappa shape index (κ1) is 22.6. The highest BCUT2D eigenvalue weighted by molar-refractivity contribution is 7.99. The molecule has 0 unspecified atom stereocenters. The van der Waals surface area contributed by atoms with Gasteiger partial charge in [-0.3, -0.25) is 14.2 Å². The highest BCUT2D eigenvalue weighted by atomic mass is 32.2. The number of aromatic nitrogens is 2. The Kier molecular flexibility index (Phi) is 7.29. The molecule has 0 saturated carbocycles. The summed E-state index contributed by atoms with van der Waals surface area (Å²) in [6.45, 7) is 3.09. The average molecular weight is 486 g/mol. The summed E-state index contributed by atoms with van der Waals surface area (Å²) in [4.78, 5) is 31.6. The molecule has 4 aromatic rings. The lowest BCUT2D eigenvalue weighted by molar-refractivity contribution is -0.118. The van der Waals surface area contributed by atoms with Crippen molar-refractivity contribution in [1.82, 2.24) is 14.9 Å². The zero-order valence-corrected chi connectivity index (χ0v) is 20.2. The lowest BCUT2D eigenvalue weighted by Gasteiger charge is -2.09. The van der Waals surface area contributed by atoms with Crippen LogP contribution in [-0.2, 0) is 11.8 Å². The fourth-order valence-corrected chi connectivity index (χ4v) is 5.78. The van der Waals surface area contributed by atoms with Crippen LogP contribution in [0.1, 0.15) is 12.0 Å².